The number of nitrogens with zero attached hydrogens (tertiary/aromatic N) is 1. The molecule has 0 aliphatic carbocycles. The molecule has 4 rings (SSSR count). The first kappa shape index (κ1) is 20.5. The maximum Gasteiger partial charge on any atom is 0.143 e. The second-order valence-electron chi connectivity index (χ2n) is 7.99. The summed E-state index contributed by atoms with van der Waals surface area (Å²) in [5.74, 6) is 0.132. The minimum atomic E-state index is -0.802. The maximum atomic E-state index is 11.0. The lowest BCUT2D eigenvalue weighted by atomic mass is 9.79. The Balaban J connectivity index is 1.74. The van der Waals surface area contributed by atoms with Crippen molar-refractivity contribution in [2.45, 2.75) is 17.7 Å². The van der Waals surface area contributed by atoms with Crippen LogP contribution >= 0.6 is 0 Å². The minimum absolute atomic E-state index is 0.132. The van der Waals surface area contributed by atoms with E-state index in [1.807, 2.05) is 60.7 Å². The van der Waals surface area contributed by atoms with Crippen LogP contribution in [0.4, 0.5) is 0 Å². The molecule has 30 heavy (non-hydrogen) atoms. The largest absolute Gasteiger partial charge is 0.390 e. The lowest BCUT2D eigenvalue weighted by Gasteiger charge is -2.47. The highest BCUT2D eigenvalue weighted by Gasteiger charge is 2.42. The third kappa shape index (κ3) is 3.72. The number of rotatable bonds is 8. The Labute approximate surface area is 179 Å². The van der Waals surface area contributed by atoms with Gasteiger partial charge in [0.05, 0.1) is 12.7 Å². The molecule has 1 N–H and O–H groups in total. The van der Waals surface area contributed by atoms with Crippen LogP contribution in [0.15, 0.2) is 104 Å². The summed E-state index contributed by atoms with van der Waals surface area (Å²) in [4.78, 5) is 2.19. The molecule has 3 heteroatoms. The highest BCUT2D eigenvalue weighted by molar-refractivity contribution is 5.47. The summed E-state index contributed by atoms with van der Waals surface area (Å²) in [5, 5.41) is 11.0. The summed E-state index contributed by atoms with van der Waals surface area (Å²) >= 11 is 0. The third-order valence-electron chi connectivity index (χ3n) is 6.19. The molecular formula is C27H29NO2. The number of aliphatic hydroxyl groups excluding tert-OH is 1. The lowest BCUT2D eigenvalue weighted by molar-refractivity contribution is -0.0936. The van der Waals surface area contributed by atoms with Gasteiger partial charge in [0.1, 0.15) is 5.60 Å². The molecule has 1 heterocycles. The molecule has 0 radical (unpaired) electrons. The van der Waals surface area contributed by atoms with E-state index in [1.54, 1.807) is 0 Å². The van der Waals surface area contributed by atoms with Gasteiger partial charge in [-0.2, -0.15) is 0 Å². The van der Waals surface area contributed by atoms with E-state index < -0.39 is 11.7 Å². The van der Waals surface area contributed by atoms with Crippen LogP contribution in [0, 0.1) is 5.92 Å². The van der Waals surface area contributed by atoms with E-state index in [9.17, 15) is 5.11 Å². The zero-order valence-corrected chi connectivity index (χ0v) is 17.4. The molecule has 3 nitrogen and oxygen atoms in total. The molecule has 154 valence electrons. The number of hydrogen-bond donors (Lipinski definition) is 1. The maximum absolute atomic E-state index is 11.0. The number of ether oxygens (including phenoxy) is 1. The molecule has 1 unspecified atom stereocenters. The van der Waals surface area contributed by atoms with Crippen molar-refractivity contribution < 1.29 is 9.84 Å². The molecule has 3 aromatic carbocycles. The van der Waals surface area contributed by atoms with E-state index in [-0.39, 0.29) is 18.6 Å². The fourth-order valence-corrected chi connectivity index (χ4v) is 4.56. The highest BCUT2D eigenvalue weighted by Crippen LogP contribution is 2.41. The van der Waals surface area contributed by atoms with E-state index >= 15 is 0 Å². The molecule has 1 aliphatic rings. The Hall–Kier alpha value is -2.72. The first-order valence-corrected chi connectivity index (χ1v) is 10.5. The smallest absolute Gasteiger partial charge is 0.143 e. The van der Waals surface area contributed by atoms with Gasteiger partial charge in [0.25, 0.3) is 0 Å². The standard InChI is InChI=1S/C27H29NO2/c1-3-25-24(19-28(25)2)26(29)20-30-27(21-13-7-4-8-14-21,22-15-9-5-10-16-22)23-17-11-6-12-18-23/h3-18,24-26,29H,1,19-20H2,2H3/t24-,25+,26?/m0/s1. The highest BCUT2D eigenvalue weighted by atomic mass is 16.5. The summed E-state index contributed by atoms with van der Waals surface area (Å²) in [7, 11) is 2.05. The van der Waals surface area contributed by atoms with Gasteiger partial charge in [0.2, 0.25) is 0 Å². The van der Waals surface area contributed by atoms with Crippen molar-refractivity contribution in [2.24, 2.45) is 5.92 Å². The van der Waals surface area contributed by atoms with Crippen LogP contribution < -0.4 is 0 Å². The van der Waals surface area contributed by atoms with Crippen LogP contribution in [0.25, 0.3) is 0 Å². The summed E-state index contributed by atoms with van der Waals surface area (Å²) in [6, 6.07) is 31.0. The zero-order chi connectivity index (χ0) is 21.0. The van der Waals surface area contributed by atoms with Gasteiger partial charge in [0.15, 0.2) is 0 Å². The van der Waals surface area contributed by atoms with Crippen LogP contribution in [0.5, 0.6) is 0 Å². The fourth-order valence-electron chi connectivity index (χ4n) is 4.56. The van der Waals surface area contributed by atoms with Crippen molar-refractivity contribution in [1.29, 1.82) is 0 Å². The summed E-state index contributed by atoms with van der Waals surface area (Å²) in [6.45, 7) is 5.00. The van der Waals surface area contributed by atoms with Gasteiger partial charge in [-0.3, -0.25) is 4.90 Å². The minimum Gasteiger partial charge on any atom is -0.390 e. The van der Waals surface area contributed by atoms with Gasteiger partial charge >= 0.3 is 0 Å². The summed E-state index contributed by atoms with van der Waals surface area (Å²) in [5.41, 5.74) is 2.33. The molecule has 0 saturated carbocycles. The Morgan fingerprint density at radius 2 is 1.37 bits per heavy atom. The molecule has 1 saturated heterocycles. The molecule has 1 aliphatic heterocycles. The number of likely N-dealkylation sites (N-methyl/N-ethyl adjacent to an activating group) is 1. The van der Waals surface area contributed by atoms with Crippen molar-refractivity contribution in [3.63, 3.8) is 0 Å². The SMILES string of the molecule is C=C[C@@H]1[C@@H](C(O)COC(c2ccccc2)(c2ccccc2)c2ccccc2)CN1C. The van der Waals surface area contributed by atoms with E-state index in [2.05, 4.69) is 54.9 Å². The van der Waals surface area contributed by atoms with E-state index in [0.29, 0.717) is 0 Å². The third-order valence-corrected chi connectivity index (χ3v) is 6.19. The second kappa shape index (κ2) is 8.97. The van der Waals surface area contributed by atoms with Crippen LogP contribution in [0.1, 0.15) is 16.7 Å². The number of likely N-dealkylation sites (tertiary alicyclic amines) is 1. The van der Waals surface area contributed by atoms with Crippen molar-refractivity contribution in [2.75, 3.05) is 20.2 Å². The van der Waals surface area contributed by atoms with Gasteiger partial charge in [-0.1, -0.05) is 97.1 Å². The fraction of sp³-hybridized carbons (Fsp3) is 0.259. The average Bonchev–Trinajstić information content (AvgIpc) is 2.80. The predicted molar refractivity (Wildman–Crippen MR) is 121 cm³/mol. The van der Waals surface area contributed by atoms with Crippen LogP contribution in [-0.4, -0.2) is 42.4 Å². The van der Waals surface area contributed by atoms with E-state index in [0.717, 1.165) is 23.2 Å². The van der Waals surface area contributed by atoms with Crippen LogP contribution in [0.3, 0.4) is 0 Å². The molecule has 3 atom stereocenters. The van der Waals surface area contributed by atoms with E-state index in [4.69, 9.17) is 4.74 Å². The molecule has 0 amide bonds. The Morgan fingerprint density at radius 3 is 1.73 bits per heavy atom. The second-order valence-corrected chi connectivity index (χ2v) is 7.99. The van der Waals surface area contributed by atoms with Crippen LogP contribution in [0.2, 0.25) is 0 Å². The summed E-state index contributed by atoms with van der Waals surface area (Å²) < 4.78 is 6.73. The van der Waals surface area contributed by atoms with Gasteiger partial charge in [-0.15, -0.1) is 6.58 Å². The molecule has 0 spiro atoms. The Kier molecular flexibility index (Phi) is 6.14. The Morgan fingerprint density at radius 1 is 0.933 bits per heavy atom. The molecular weight excluding hydrogens is 370 g/mol. The summed E-state index contributed by atoms with van der Waals surface area (Å²) in [6.07, 6.45) is 1.34. The van der Waals surface area contributed by atoms with Gasteiger partial charge in [0, 0.05) is 18.5 Å². The van der Waals surface area contributed by atoms with Crippen molar-refractivity contribution in [3.8, 4) is 0 Å². The topological polar surface area (TPSA) is 32.7 Å². The van der Waals surface area contributed by atoms with Crippen molar-refractivity contribution >= 4 is 0 Å². The molecule has 1 fully saturated rings. The first-order chi connectivity index (χ1) is 14.7. The number of benzene rings is 3. The lowest BCUT2D eigenvalue weighted by Crippen LogP contribution is -2.58. The van der Waals surface area contributed by atoms with Gasteiger partial charge in [-0.05, 0) is 23.7 Å². The van der Waals surface area contributed by atoms with Gasteiger partial charge in [-0.25, -0.2) is 0 Å². The van der Waals surface area contributed by atoms with Crippen molar-refractivity contribution in [1.82, 2.24) is 4.90 Å². The monoisotopic (exact) mass is 399 g/mol. The first-order valence-electron chi connectivity index (χ1n) is 10.5. The molecule has 0 bridgehead atoms. The number of aliphatic hydroxyl groups is 1. The average molecular weight is 400 g/mol. The Bertz CT molecular complexity index is 846. The molecule has 3 aromatic rings. The quantitative estimate of drug-likeness (QED) is 0.448. The number of hydrogen-bond acceptors (Lipinski definition) is 3. The van der Waals surface area contributed by atoms with Crippen LogP contribution in [-0.2, 0) is 10.3 Å². The van der Waals surface area contributed by atoms with Gasteiger partial charge < -0.3 is 9.84 Å². The normalized spacial score (nSPS) is 20.3. The van der Waals surface area contributed by atoms with Crippen molar-refractivity contribution in [3.05, 3.63) is 120 Å². The molecule has 0 aromatic heterocycles. The van der Waals surface area contributed by atoms with E-state index in [1.165, 1.54) is 0 Å². The predicted octanol–water partition coefficient (Wildman–Crippen LogP) is 4.47. The zero-order valence-electron chi connectivity index (χ0n) is 17.4.